The van der Waals surface area contributed by atoms with Gasteiger partial charge in [0.25, 0.3) is 5.91 Å². The Morgan fingerprint density at radius 1 is 1.11 bits per heavy atom. The van der Waals surface area contributed by atoms with Crippen molar-refractivity contribution in [3.05, 3.63) is 52.5 Å². The molecule has 0 aliphatic carbocycles. The molecule has 0 saturated carbocycles. The van der Waals surface area contributed by atoms with Crippen LogP contribution in [0.3, 0.4) is 0 Å². The van der Waals surface area contributed by atoms with Crippen molar-refractivity contribution in [3.63, 3.8) is 0 Å². The summed E-state index contributed by atoms with van der Waals surface area (Å²) in [4.78, 5) is 14.2. The highest BCUT2D eigenvalue weighted by Crippen LogP contribution is 2.28. The van der Waals surface area contributed by atoms with Crippen molar-refractivity contribution in [2.75, 3.05) is 34.9 Å². The Morgan fingerprint density at radius 3 is 2.39 bits per heavy atom. The van der Waals surface area contributed by atoms with Gasteiger partial charge in [0.05, 0.1) is 29.7 Å². The molecule has 0 unspecified atom stereocenters. The normalized spacial score (nSPS) is 11.2. The molecule has 7 nitrogen and oxygen atoms in total. The first kappa shape index (κ1) is 22.0. The Balaban J connectivity index is 2.16. The molecule has 2 rings (SSSR count). The summed E-state index contributed by atoms with van der Waals surface area (Å²) in [5.74, 6) is 0.880. The van der Waals surface area contributed by atoms with Gasteiger partial charge in [-0.3, -0.25) is 4.79 Å². The summed E-state index contributed by atoms with van der Waals surface area (Å²) in [6, 6.07) is 9.59. The number of benzene rings is 2. The molecule has 0 aliphatic heterocycles. The second-order valence-electron chi connectivity index (χ2n) is 6.02. The summed E-state index contributed by atoms with van der Waals surface area (Å²) >= 11 is 6.13. The van der Waals surface area contributed by atoms with Crippen LogP contribution in [-0.2, 0) is 16.4 Å². The van der Waals surface area contributed by atoms with Gasteiger partial charge < -0.3 is 14.4 Å². The van der Waals surface area contributed by atoms with E-state index in [1.807, 2.05) is 12.1 Å². The maximum Gasteiger partial charge on any atom is 0.255 e. The predicted molar refractivity (Wildman–Crippen MR) is 108 cm³/mol. The molecular weight excluding hydrogens is 404 g/mol. The number of likely N-dealkylation sites (N-methyl/N-ethyl adjacent to an activating group) is 1. The molecule has 0 saturated heterocycles. The van der Waals surface area contributed by atoms with E-state index in [2.05, 4.69) is 4.72 Å². The summed E-state index contributed by atoms with van der Waals surface area (Å²) < 4.78 is 36.7. The van der Waals surface area contributed by atoms with Crippen molar-refractivity contribution in [3.8, 4) is 11.5 Å². The van der Waals surface area contributed by atoms with Gasteiger partial charge in [-0.25, -0.2) is 13.1 Å². The van der Waals surface area contributed by atoms with Gasteiger partial charge in [0, 0.05) is 13.6 Å². The quantitative estimate of drug-likeness (QED) is 0.701. The van der Waals surface area contributed by atoms with Gasteiger partial charge in [-0.15, -0.1) is 0 Å². The van der Waals surface area contributed by atoms with E-state index in [1.165, 1.54) is 30.1 Å². The van der Waals surface area contributed by atoms with Crippen molar-refractivity contribution in [2.45, 2.75) is 11.3 Å². The van der Waals surface area contributed by atoms with Crippen molar-refractivity contribution in [2.24, 2.45) is 0 Å². The average Bonchev–Trinajstić information content (AvgIpc) is 2.71. The Bertz CT molecular complexity index is 963. The van der Waals surface area contributed by atoms with Crippen LogP contribution in [0.1, 0.15) is 15.9 Å². The van der Waals surface area contributed by atoms with Crippen molar-refractivity contribution < 1.29 is 22.7 Å². The molecule has 152 valence electrons. The van der Waals surface area contributed by atoms with Gasteiger partial charge in [-0.1, -0.05) is 17.7 Å². The topological polar surface area (TPSA) is 84.9 Å². The molecular formula is C19H23ClN2O5S. The maximum atomic E-state index is 12.8. The third kappa shape index (κ3) is 4.95. The number of hydrogen-bond donors (Lipinski definition) is 1. The zero-order chi connectivity index (χ0) is 20.9. The molecule has 0 heterocycles. The fourth-order valence-corrected chi connectivity index (χ4v) is 3.55. The van der Waals surface area contributed by atoms with Gasteiger partial charge in [0.2, 0.25) is 10.0 Å². The standard InChI is InChI=1S/C19H23ClN2O5S/c1-21-28(24,25)14-6-7-16(20)15(12-14)19(23)22(2)10-9-13-5-8-17(26-3)18(11-13)27-4/h5-8,11-12,21H,9-10H2,1-4H3. The van der Waals surface area contributed by atoms with Crippen LogP contribution in [-0.4, -0.2) is 54.1 Å². The molecule has 0 radical (unpaired) electrons. The number of nitrogens with one attached hydrogen (secondary N) is 1. The highest BCUT2D eigenvalue weighted by molar-refractivity contribution is 7.89. The lowest BCUT2D eigenvalue weighted by Crippen LogP contribution is -2.29. The van der Waals surface area contributed by atoms with E-state index in [0.717, 1.165) is 5.56 Å². The van der Waals surface area contributed by atoms with E-state index in [0.29, 0.717) is 24.5 Å². The number of rotatable bonds is 8. The van der Waals surface area contributed by atoms with Crippen LogP contribution in [0.25, 0.3) is 0 Å². The first-order valence-corrected chi connectivity index (χ1v) is 10.3. The first-order valence-electron chi connectivity index (χ1n) is 8.43. The fraction of sp³-hybridized carbons (Fsp3) is 0.316. The first-order chi connectivity index (χ1) is 13.2. The molecule has 0 atom stereocenters. The molecule has 1 amide bonds. The molecule has 9 heteroatoms. The molecule has 0 fully saturated rings. The Hall–Kier alpha value is -2.29. The van der Waals surface area contributed by atoms with Crippen molar-refractivity contribution in [1.82, 2.24) is 9.62 Å². The molecule has 1 N–H and O–H groups in total. The number of nitrogens with zero attached hydrogens (tertiary/aromatic N) is 1. The van der Waals surface area contributed by atoms with Gasteiger partial charge in [-0.05, 0) is 49.4 Å². The summed E-state index contributed by atoms with van der Waals surface area (Å²) in [5, 5.41) is 0.193. The number of amides is 1. The van der Waals surface area contributed by atoms with Crippen LogP contribution in [0.5, 0.6) is 11.5 Å². The lowest BCUT2D eigenvalue weighted by atomic mass is 10.1. The molecule has 0 aromatic heterocycles. The van der Waals surface area contributed by atoms with E-state index in [-0.39, 0.29) is 21.4 Å². The number of carbonyl (C=O) groups is 1. The summed E-state index contributed by atoms with van der Waals surface area (Å²) in [6.45, 7) is 0.410. The summed E-state index contributed by atoms with van der Waals surface area (Å²) in [7, 11) is 2.40. The van der Waals surface area contributed by atoms with Gasteiger partial charge in [0.15, 0.2) is 11.5 Å². The summed E-state index contributed by atoms with van der Waals surface area (Å²) in [5.41, 5.74) is 1.10. The van der Waals surface area contributed by atoms with E-state index in [1.54, 1.807) is 27.3 Å². The minimum Gasteiger partial charge on any atom is -0.493 e. The minimum atomic E-state index is -3.67. The van der Waals surface area contributed by atoms with E-state index in [4.69, 9.17) is 21.1 Å². The Kier molecular flexibility index (Phi) is 7.29. The predicted octanol–water partition coefficient (Wildman–Crippen LogP) is 2.58. The highest BCUT2D eigenvalue weighted by Gasteiger charge is 2.20. The second-order valence-corrected chi connectivity index (χ2v) is 8.31. The largest absolute Gasteiger partial charge is 0.493 e. The number of carbonyl (C=O) groups excluding carboxylic acids is 1. The number of methoxy groups -OCH3 is 2. The van der Waals surface area contributed by atoms with E-state index < -0.39 is 10.0 Å². The zero-order valence-corrected chi connectivity index (χ0v) is 17.7. The zero-order valence-electron chi connectivity index (χ0n) is 16.2. The molecule has 2 aromatic rings. The third-order valence-corrected chi connectivity index (χ3v) is 6.02. The van der Waals surface area contributed by atoms with Crippen LogP contribution in [0.4, 0.5) is 0 Å². The molecule has 28 heavy (non-hydrogen) atoms. The Morgan fingerprint density at radius 2 is 1.79 bits per heavy atom. The smallest absolute Gasteiger partial charge is 0.255 e. The van der Waals surface area contributed by atoms with Crippen LogP contribution in [0.15, 0.2) is 41.3 Å². The van der Waals surface area contributed by atoms with Crippen molar-refractivity contribution in [1.29, 1.82) is 0 Å². The van der Waals surface area contributed by atoms with Crippen molar-refractivity contribution >= 4 is 27.5 Å². The average molecular weight is 427 g/mol. The van der Waals surface area contributed by atoms with Crippen LogP contribution in [0, 0.1) is 0 Å². The number of ether oxygens (including phenoxy) is 2. The SMILES string of the molecule is CNS(=O)(=O)c1ccc(Cl)c(C(=O)N(C)CCc2ccc(OC)c(OC)c2)c1. The van der Waals surface area contributed by atoms with Gasteiger partial charge in [0.1, 0.15) is 0 Å². The monoisotopic (exact) mass is 426 g/mol. The lowest BCUT2D eigenvalue weighted by Gasteiger charge is -2.19. The maximum absolute atomic E-state index is 12.8. The van der Waals surface area contributed by atoms with E-state index >= 15 is 0 Å². The van der Waals surface area contributed by atoms with Gasteiger partial charge in [-0.2, -0.15) is 0 Å². The Labute approximate surface area is 170 Å². The third-order valence-electron chi connectivity index (χ3n) is 4.28. The number of halogens is 1. The van der Waals surface area contributed by atoms with E-state index in [9.17, 15) is 13.2 Å². The fourth-order valence-electron chi connectivity index (χ4n) is 2.59. The summed E-state index contributed by atoms with van der Waals surface area (Å²) in [6.07, 6.45) is 0.578. The second kappa shape index (κ2) is 9.27. The van der Waals surface area contributed by atoms with Crippen LogP contribution < -0.4 is 14.2 Å². The minimum absolute atomic E-state index is 0.0176. The van der Waals surface area contributed by atoms with Crippen LogP contribution >= 0.6 is 11.6 Å². The highest BCUT2D eigenvalue weighted by atomic mass is 35.5. The van der Waals surface area contributed by atoms with Gasteiger partial charge >= 0.3 is 0 Å². The molecule has 0 bridgehead atoms. The number of sulfonamides is 1. The molecule has 0 spiro atoms. The number of hydrogen-bond acceptors (Lipinski definition) is 5. The molecule has 2 aromatic carbocycles. The van der Waals surface area contributed by atoms with Crippen LogP contribution in [0.2, 0.25) is 5.02 Å². The lowest BCUT2D eigenvalue weighted by molar-refractivity contribution is 0.0796. The molecule has 0 aliphatic rings.